The van der Waals surface area contributed by atoms with Crippen molar-refractivity contribution in [3.8, 4) is 0 Å². The van der Waals surface area contributed by atoms with Gasteiger partial charge in [-0.1, -0.05) is 41.9 Å². The Morgan fingerprint density at radius 2 is 1.81 bits per heavy atom. The number of carbonyl (C=O) groups excluding carboxylic acids is 1. The molecule has 2 aromatic carbocycles. The SMILES string of the molecule is COC(C)(C)c1ccc(CNC(=O)Cc2cccc(C(F)(F)F)c2)cc1Cl. The van der Waals surface area contributed by atoms with Gasteiger partial charge in [0.1, 0.15) is 0 Å². The van der Waals surface area contributed by atoms with E-state index >= 15 is 0 Å². The molecule has 2 aromatic rings. The molecule has 0 heterocycles. The van der Waals surface area contributed by atoms with Crippen LogP contribution in [0.25, 0.3) is 0 Å². The number of benzene rings is 2. The van der Waals surface area contributed by atoms with Crippen LogP contribution in [0.5, 0.6) is 0 Å². The summed E-state index contributed by atoms with van der Waals surface area (Å²) < 4.78 is 43.6. The molecule has 0 atom stereocenters. The van der Waals surface area contributed by atoms with E-state index in [1.54, 1.807) is 13.2 Å². The molecular weight excluding hydrogens is 379 g/mol. The van der Waals surface area contributed by atoms with Crippen LogP contribution in [0.1, 0.15) is 36.1 Å². The minimum Gasteiger partial charge on any atom is -0.374 e. The lowest BCUT2D eigenvalue weighted by molar-refractivity contribution is -0.137. The number of halogens is 4. The van der Waals surface area contributed by atoms with Gasteiger partial charge in [-0.3, -0.25) is 4.79 Å². The van der Waals surface area contributed by atoms with E-state index in [-0.39, 0.29) is 18.9 Å². The Morgan fingerprint density at radius 1 is 1.11 bits per heavy atom. The van der Waals surface area contributed by atoms with E-state index < -0.39 is 17.3 Å². The second-order valence-electron chi connectivity index (χ2n) is 6.68. The predicted octanol–water partition coefficient (Wildman–Crippen LogP) is 5.10. The molecular formula is C20H21ClF3NO2. The van der Waals surface area contributed by atoms with Gasteiger partial charge in [-0.25, -0.2) is 0 Å². The van der Waals surface area contributed by atoms with Crippen LogP contribution in [0.3, 0.4) is 0 Å². The van der Waals surface area contributed by atoms with Crippen LogP contribution in [-0.4, -0.2) is 13.0 Å². The molecule has 0 aliphatic carbocycles. The van der Waals surface area contributed by atoms with Crippen LogP contribution < -0.4 is 5.32 Å². The quantitative estimate of drug-likeness (QED) is 0.734. The summed E-state index contributed by atoms with van der Waals surface area (Å²) in [5.74, 6) is -0.369. The minimum atomic E-state index is -4.43. The molecule has 0 saturated heterocycles. The zero-order valence-corrected chi connectivity index (χ0v) is 16.0. The lowest BCUT2D eigenvalue weighted by atomic mass is 9.96. The fourth-order valence-corrected chi connectivity index (χ4v) is 3.00. The zero-order valence-electron chi connectivity index (χ0n) is 15.3. The Kier molecular flexibility index (Phi) is 6.54. The highest BCUT2D eigenvalue weighted by molar-refractivity contribution is 6.31. The van der Waals surface area contributed by atoms with E-state index in [4.69, 9.17) is 16.3 Å². The first-order chi connectivity index (χ1) is 12.5. The summed E-state index contributed by atoms with van der Waals surface area (Å²) in [5.41, 5.74) is 0.606. The lowest BCUT2D eigenvalue weighted by Crippen LogP contribution is -2.25. The number of nitrogens with one attached hydrogen (secondary N) is 1. The highest BCUT2D eigenvalue weighted by Gasteiger charge is 2.30. The molecule has 27 heavy (non-hydrogen) atoms. The highest BCUT2D eigenvalue weighted by Crippen LogP contribution is 2.31. The fourth-order valence-electron chi connectivity index (χ4n) is 2.57. The monoisotopic (exact) mass is 399 g/mol. The van der Waals surface area contributed by atoms with Crippen molar-refractivity contribution < 1.29 is 22.7 Å². The van der Waals surface area contributed by atoms with Crippen molar-refractivity contribution in [2.75, 3.05) is 7.11 Å². The summed E-state index contributed by atoms with van der Waals surface area (Å²) in [7, 11) is 1.60. The van der Waals surface area contributed by atoms with E-state index in [0.717, 1.165) is 23.3 Å². The second-order valence-corrected chi connectivity index (χ2v) is 7.09. The Morgan fingerprint density at radius 3 is 2.41 bits per heavy atom. The third-order valence-corrected chi connectivity index (χ3v) is 4.61. The van der Waals surface area contributed by atoms with Crippen LogP contribution in [0.4, 0.5) is 13.2 Å². The number of rotatable bonds is 6. The molecule has 0 radical (unpaired) electrons. The summed E-state index contributed by atoms with van der Waals surface area (Å²) in [6.07, 6.45) is -4.56. The Bertz CT molecular complexity index is 819. The van der Waals surface area contributed by atoms with Crippen molar-refractivity contribution >= 4 is 17.5 Å². The first-order valence-electron chi connectivity index (χ1n) is 8.30. The number of ether oxygens (including phenoxy) is 1. The van der Waals surface area contributed by atoms with E-state index in [0.29, 0.717) is 10.6 Å². The molecule has 0 aromatic heterocycles. The Hall–Kier alpha value is -2.05. The third kappa shape index (κ3) is 5.71. The Balaban J connectivity index is 1.99. The van der Waals surface area contributed by atoms with E-state index in [9.17, 15) is 18.0 Å². The van der Waals surface area contributed by atoms with Crippen molar-refractivity contribution in [1.29, 1.82) is 0 Å². The van der Waals surface area contributed by atoms with Gasteiger partial charge in [0.15, 0.2) is 0 Å². The third-order valence-electron chi connectivity index (χ3n) is 4.30. The average molecular weight is 400 g/mol. The van der Waals surface area contributed by atoms with Crippen LogP contribution in [0, 0.1) is 0 Å². The molecule has 7 heteroatoms. The molecule has 0 aliphatic heterocycles. The molecule has 1 N–H and O–H groups in total. The maximum Gasteiger partial charge on any atom is 0.416 e. The summed E-state index contributed by atoms with van der Waals surface area (Å²) in [4.78, 5) is 12.1. The molecule has 0 bridgehead atoms. The van der Waals surface area contributed by atoms with Gasteiger partial charge in [0.2, 0.25) is 5.91 Å². The van der Waals surface area contributed by atoms with Crippen LogP contribution in [0.15, 0.2) is 42.5 Å². The van der Waals surface area contributed by atoms with E-state index in [1.807, 2.05) is 26.0 Å². The number of hydrogen-bond donors (Lipinski definition) is 1. The number of amides is 1. The summed E-state index contributed by atoms with van der Waals surface area (Å²) in [6.45, 7) is 4.01. The van der Waals surface area contributed by atoms with E-state index in [2.05, 4.69) is 5.32 Å². The maximum atomic E-state index is 12.7. The number of hydrogen-bond acceptors (Lipinski definition) is 2. The van der Waals surface area contributed by atoms with Crippen LogP contribution >= 0.6 is 11.6 Å². The topological polar surface area (TPSA) is 38.3 Å². The summed E-state index contributed by atoms with van der Waals surface area (Å²) in [5, 5.41) is 3.21. The van der Waals surface area contributed by atoms with Crippen molar-refractivity contribution in [1.82, 2.24) is 5.32 Å². The highest BCUT2D eigenvalue weighted by atomic mass is 35.5. The molecule has 0 fully saturated rings. The largest absolute Gasteiger partial charge is 0.416 e. The fraction of sp³-hybridized carbons (Fsp3) is 0.350. The van der Waals surface area contributed by atoms with Crippen molar-refractivity contribution in [2.45, 2.75) is 38.6 Å². The molecule has 0 saturated carbocycles. The second kappa shape index (κ2) is 8.31. The predicted molar refractivity (Wildman–Crippen MR) is 98.5 cm³/mol. The van der Waals surface area contributed by atoms with Gasteiger partial charge in [-0.05, 0) is 37.1 Å². The molecule has 0 aliphatic rings. The van der Waals surface area contributed by atoms with Gasteiger partial charge in [-0.15, -0.1) is 0 Å². The van der Waals surface area contributed by atoms with E-state index in [1.165, 1.54) is 12.1 Å². The molecule has 0 unspecified atom stereocenters. The lowest BCUT2D eigenvalue weighted by Gasteiger charge is -2.25. The standard InChI is InChI=1S/C20H21ClF3NO2/c1-19(2,27-3)16-8-7-14(10-17(16)21)12-25-18(26)11-13-5-4-6-15(9-13)20(22,23)24/h4-10H,11-12H2,1-3H3,(H,25,26). The van der Waals surface area contributed by atoms with Crippen LogP contribution in [-0.2, 0) is 34.3 Å². The molecule has 146 valence electrons. The molecule has 3 nitrogen and oxygen atoms in total. The smallest absolute Gasteiger partial charge is 0.374 e. The van der Waals surface area contributed by atoms with Gasteiger partial charge in [0, 0.05) is 24.2 Å². The normalized spacial score (nSPS) is 12.1. The summed E-state index contributed by atoms with van der Waals surface area (Å²) >= 11 is 6.30. The zero-order chi connectivity index (χ0) is 20.2. The van der Waals surface area contributed by atoms with Gasteiger partial charge in [-0.2, -0.15) is 13.2 Å². The first kappa shape index (κ1) is 21.3. The van der Waals surface area contributed by atoms with Crippen molar-refractivity contribution in [2.24, 2.45) is 0 Å². The van der Waals surface area contributed by atoms with Gasteiger partial charge >= 0.3 is 6.18 Å². The van der Waals surface area contributed by atoms with Crippen molar-refractivity contribution in [3.05, 3.63) is 69.7 Å². The molecule has 2 rings (SSSR count). The van der Waals surface area contributed by atoms with Crippen molar-refractivity contribution in [3.63, 3.8) is 0 Å². The summed E-state index contributed by atoms with van der Waals surface area (Å²) in [6, 6.07) is 10.1. The molecule has 0 spiro atoms. The van der Waals surface area contributed by atoms with Gasteiger partial charge in [0.05, 0.1) is 17.6 Å². The van der Waals surface area contributed by atoms with Crippen LogP contribution in [0.2, 0.25) is 5.02 Å². The Labute approximate surface area is 161 Å². The first-order valence-corrected chi connectivity index (χ1v) is 8.67. The average Bonchev–Trinajstić information content (AvgIpc) is 2.59. The van der Waals surface area contributed by atoms with Gasteiger partial charge < -0.3 is 10.1 Å². The number of methoxy groups -OCH3 is 1. The number of alkyl halides is 3. The minimum absolute atomic E-state index is 0.132. The maximum absolute atomic E-state index is 12.7. The van der Waals surface area contributed by atoms with Gasteiger partial charge in [0.25, 0.3) is 0 Å². The molecule has 1 amide bonds. The number of carbonyl (C=O) groups is 1.